The second-order valence-corrected chi connectivity index (χ2v) is 34.0. The minimum absolute atomic E-state index is 0. The van der Waals surface area contributed by atoms with Crippen molar-refractivity contribution in [1.82, 2.24) is 79.4 Å². The number of sulfonamides is 1. The van der Waals surface area contributed by atoms with Crippen molar-refractivity contribution < 1.29 is 89.9 Å². The zero-order valence-electron chi connectivity index (χ0n) is 67.3. The van der Waals surface area contributed by atoms with E-state index in [0.717, 1.165) is 89.7 Å². The van der Waals surface area contributed by atoms with Crippen molar-refractivity contribution in [3.8, 4) is 0 Å². The Balaban J connectivity index is 0.000000148. The fourth-order valence-electron chi connectivity index (χ4n) is 17.8. The predicted octanol–water partition coefficient (Wildman–Crippen LogP) is 14.7. The fourth-order valence-corrected chi connectivity index (χ4v) is 18.9. The van der Waals surface area contributed by atoms with Gasteiger partial charge in [-0.05, 0) is 161 Å². The van der Waals surface area contributed by atoms with Crippen LogP contribution in [-0.4, -0.2) is 208 Å². The van der Waals surface area contributed by atoms with Crippen LogP contribution in [0.25, 0.3) is 0 Å². The van der Waals surface area contributed by atoms with Gasteiger partial charge in [-0.25, -0.2) is 8.42 Å². The third-order valence-electron chi connectivity index (χ3n) is 24.6. The molecule has 4 aromatic heterocycles. The number of aromatic amines is 4. The largest absolute Gasteiger partial charge is 0.416 e. The summed E-state index contributed by atoms with van der Waals surface area (Å²) in [5, 5.41) is 28.4. The molecule has 0 spiro atoms. The molecule has 658 valence electrons. The number of fused-ring (bicyclic) bond motifs is 4. The quantitative estimate of drug-likeness (QED) is 0.0878. The number of alkyl halides is 12. The maximum absolute atomic E-state index is 13.4. The molecule has 0 aliphatic carbocycles. The van der Waals surface area contributed by atoms with E-state index in [9.17, 15) is 89.9 Å². The Labute approximate surface area is 698 Å². The Morgan fingerprint density at radius 3 is 1.00 bits per heavy atom. The number of H-pyrrole nitrogens is 4. The number of carbonyl (C=O) groups excluding carboxylic acids is 6. The first kappa shape index (κ1) is 90.8. The van der Waals surface area contributed by atoms with Crippen LogP contribution in [0.1, 0.15) is 248 Å². The van der Waals surface area contributed by atoms with Gasteiger partial charge in [0, 0.05) is 132 Å². The standard InChI is InChI=1S/C22H27F3N4O.C21H25F3N4O3S.C21H23F3N4O2.C20H21F3N4O2.CH4/c1-2-28-11-5-8-19-17(14-28)20(27-26-19)21(30)29-12-9-15(10-13-29)16-6-3-4-7-18(16)22(23,24)25;1-2-32(30,31)28-12-9-18-16(13-28)19(26-25-18)20(29)27-10-7-14(8-11-27)15-5-3-4-6-17(15)21(22,23)24;1-13(29)28-11-8-16-18(12-28)25-26-19(16)20(30)27-9-6-14(7-10-27)15-4-2-3-5-17(15)21(22,23)24;1-12(28)27-10-15-17(11-27)24-25-18(15)19(29)26-8-6-13(7-9-26)14-4-2-3-5-16(14)20(21,22)23;/h3-4,6-7,15H,2,5,8-14H2,1H3,(H,26,27);3-6,14H,2,7-13H2,1H3,(H,25,26);2-5,14H,6-12H2,1H3,(H,25,26);2-5,13H,6-11H2,1H3,(H,24,25);1H4. The highest BCUT2D eigenvalue weighted by Crippen LogP contribution is 2.45. The Hall–Kier alpha value is -10.4. The zero-order chi connectivity index (χ0) is 86.6. The Kier molecular flexibility index (Phi) is 28.1. The molecule has 0 atom stereocenters. The molecule has 8 aliphatic heterocycles. The lowest BCUT2D eigenvalue weighted by molar-refractivity contribution is -0.139. The Bertz CT molecular complexity index is 5180. The van der Waals surface area contributed by atoms with Gasteiger partial charge in [0.05, 0.1) is 59.0 Å². The van der Waals surface area contributed by atoms with Gasteiger partial charge in [0.2, 0.25) is 21.8 Å². The van der Waals surface area contributed by atoms with Crippen molar-refractivity contribution >= 4 is 45.5 Å². The van der Waals surface area contributed by atoms with E-state index < -0.39 is 57.0 Å². The highest BCUT2D eigenvalue weighted by Gasteiger charge is 2.44. The smallest absolute Gasteiger partial charge is 0.337 e. The van der Waals surface area contributed by atoms with E-state index in [1.165, 1.54) is 60.6 Å². The van der Waals surface area contributed by atoms with Crippen molar-refractivity contribution in [1.29, 1.82) is 0 Å². The molecule has 122 heavy (non-hydrogen) atoms. The summed E-state index contributed by atoms with van der Waals surface area (Å²) >= 11 is 0. The molecule has 37 heteroatoms. The van der Waals surface area contributed by atoms with E-state index in [1.54, 1.807) is 66.7 Å². The summed E-state index contributed by atoms with van der Waals surface area (Å²) in [6.45, 7) is 14.4. The van der Waals surface area contributed by atoms with Crippen molar-refractivity contribution in [2.45, 2.75) is 193 Å². The molecule has 4 saturated heterocycles. The van der Waals surface area contributed by atoms with E-state index in [4.69, 9.17) is 0 Å². The SMILES string of the molecule is C.CC(=O)N1CCc2c(C(=O)N3CCC(c4ccccc4C(F)(F)F)CC3)n[nH]c2C1.CC(=O)N1Cc2[nH]nc(C(=O)N3CCC(c4ccccc4C(F)(F)F)CC3)c2C1.CCN1CCCc2[nH]nc(C(=O)N3CCC(c4ccccc4C(F)(F)F)CC3)c2C1.CCS(=O)(=O)N1CCc2[nH]nc(C(=O)N3CCC(c4ccccc4C(F)(F)F)CC3)c2C1. The van der Waals surface area contributed by atoms with Crippen LogP contribution in [0.2, 0.25) is 0 Å². The number of nitrogens with one attached hydrogen (secondary N) is 4. The minimum atomic E-state index is -4.41. The summed E-state index contributed by atoms with van der Waals surface area (Å²) in [5.74, 6) is -1.94. The first-order valence-electron chi connectivity index (χ1n) is 40.8. The highest BCUT2D eigenvalue weighted by atomic mass is 32.2. The molecule has 8 aliphatic rings. The fraction of sp³-hybridized carbons (Fsp3) is 0.506. The monoisotopic (exact) mass is 1730 g/mol. The molecule has 0 bridgehead atoms. The van der Waals surface area contributed by atoms with Crippen LogP contribution in [0.4, 0.5) is 52.7 Å². The number of hydrogen-bond donors (Lipinski definition) is 4. The van der Waals surface area contributed by atoms with E-state index in [2.05, 4.69) is 52.6 Å². The predicted molar refractivity (Wildman–Crippen MR) is 426 cm³/mol. The Morgan fingerprint density at radius 2 is 0.664 bits per heavy atom. The van der Waals surface area contributed by atoms with Crippen LogP contribution >= 0.6 is 0 Å². The third-order valence-corrected chi connectivity index (χ3v) is 26.4. The number of hydrogen-bond acceptors (Lipinski definition) is 13. The van der Waals surface area contributed by atoms with E-state index >= 15 is 0 Å². The molecule has 6 amide bonds. The lowest BCUT2D eigenvalue weighted by atomic mass is 9.86. The molecule has 4 N–H and O–H groups in total. The molecule has 0 saturated carbocycles. The topological polar surface area (TPSA) is 277 Å². The van der Waals surface area contributed by atoms with Crippen LogP contribution in [0.3, 0.4) is 0 Å². The zero-order valence-corrected chi connectivity index (χ0v) is 68.2. The van der Waals surface area contributed by atoms with Crippen LogP contribution in [0, 0.1) is 0 Å². The number of halogens is 12. The maximum Gasteiger partial charge on any atom is 0.416 e. The molecule has 8 aromatic rings. The second kappa shape index (κ2) is 37.7. The first-order chi connectivity index (χ1) is 57.5. The van der Waals surface area contributed by atoms with Crippen molar-refractivity contribution in [2.75, 3.05) is 84.3 Å². The third kappa shape index (κ3) is 20.2. The van der Waals surface area contributed by atoms with Gasteiger partial charge in [-0.2, -0.15) is 77.4 Å². The van der Waals surface area contributed by atoms with Crippen LogP contribution in [0.15, 0.2) is 97.1 Å². The normalized spacial score (nSPS) is 18.0. The summed E-state index contributed by atoms with van der Waals surface area (Å²) < 4.78 is 186. The first-order valence-corrected chi connectivity index (χ1v) is 42.4. The molecule has 4 fully saturated rings. The van der Waals surface area contributed by atoms with Gasteiger partial charge in [0.25, 0.3) is 23.6 Å². The average Bonchev–Trinajstić information content (AvgIpc) is 1.55. The maximum atomic E-state index is 13.4. The lowest BCUT2D eigenvalue weighted by Gasteiger charge is -2.33. The molecule has 24 nitrogen and oxygen atoms in total. The summed E-state index contributed by atoms with van der Waals surface area (Å²) in [4.78, 5) is 87.6. The number of likely N-dealkylation sites (tertiary alicyclic amines) is 4. The van der Waals surface area contributed by atoms with Crippen molar-refractivity contribution in [3.05, 3.63) is 209 Å². The van der Waals surface area contributed by atoms with Gasteiger partial charge in [0.1, 0.15) is 0 Å². The van der Waals surface area contributed by atoms with Crippen LogP contribution in [-0.2, 0) is 96.3 Å². The molecular formula is C85H100F12N16O8S. The molecule has 16 rings (SSSR count). The molecule has 4 aromatic carbocycles. The number of aromatic nitrogens is 8. The molecular weight excluding hydrogens is 1630 g/mol. The van der Waals surface area contributed by atoms with Gasteiger partial charge in [-0.3, -0.25) is 54.1 Å². The minimum Gasteiger partial charge on any atom is -0.337 e. The average molecular weight is 1730 g/mol. The lowest BCUT2D eigenvalue weighted by Crippen LogP contribution is -2.40. The summed E-state index contributed by atoms with van der Waals surface area (Å²) in [6, 6.07) is 22.7. The number of rotatable bonds is 11. The van der Waals surface area contributed by atoms with Gasteiger partial charge >= 0.3 is 24.7 Å². The second-order valence-electron chi connectivity index (χ2n) is 31.7. The highest BCUT2D eigenvalue weighted by molar-refractivity contribution is 7.89. The van der Waals surface area contributed by atoms with Gasteiger partial charge in [-0.1, -0.05) is 87.1 Å². The molecule has 0 radical (unpaired) electrons. The van der Waals surface area contributed by atoms with Crippen LogP contribution in [0.5, 0.6) is 0 Å². The number of benzene rings is 4. The number of amides is 6. The van der Waals surface area contributed by atoms with Crippen LogP contribution < -0.4 is 0 Å². The number of piperidine rings is 4. The number of nitrogens with zero attached hydrogens (tertiary/aromatic N) is 12. The van der Waals surface area contributed by atoms with Gasteiger partial charge < -0.3 is 29.4 Å². The summed E-state index contributed by atoms with van der Waals surface area (Å²) in [5.41, 5.74) is 6.62. The number of carbonyl (C=O) groups is 6. The van der Waals surface area contributed by atoms with Gasteiger partial charge in [-0.15, -0.1) is 0 Å². The summed E-state index contributed by atoms with van der Waals surface area (Å²) in [7, 11) is -3.39. The van der Waals surface area contributed by atoms with Crippen molar-refractivity contribution in [2.24, 2.45) is 0 Å². The van der Waals surface area contributed by atoms with Gasteiger partial charge in [0.15, 0.2) is 22.8 Å². The summed E-state index contributed by atoms with van der Waals surface area (Å²) in [6.07, 6.45) is -10.9. The van der Waals surface area contributed by atoms with E-state index in [-0.39, 0.29) is 90.1 Å². The van der Waals surface area contributed by atoms with Crippen molar-refractivity contribution in [3.63, 3.8) is 0 Å². The molecule has 12 heterocycles. The number of aryl methyl sites for hydroxylation is 1. The van der Waals surface area contributed by atoms with E-state index in [0.29, 0.717) is 195 Å². The Morgan fingerprint density at radius 1 is 0.361 bits per heavy atom. The van der Waals surface area contributed by atoms with E-state index in [1.807, 2.05) is 0 Å². The molecule has 0 unspecified atom stereocenters.